The number of carbonyl (C=O) groups excluding carboxylic acids is 1. The Bertz CT molecular complexity index is 1000. The Morgan fingerprint density at radius 3 is 2.28 bits per heavy atom. The summed E-state index contributed by atoms with van der Waals surface area (Å²) in [6, 6.07) is 11.3. The van der Waals surface area contributed by atoms with Gasteiger partial charge in [0.25, 0.3) is 5.91 Å². The summed E-state index contributed by atoms with van der Waals surface area (Å²) in [5.74, 6) is -0.258. The van der Waals surface area contributed by atoms with Crippen LogP contribution < -0.4 is 9.62 Å². The highest BCUT2D eigenvalue weighted by molar-refractivity contribution is 7.92. The first-order chi connectivity index (χ1) is 13.5. The summed E-state index contributed by atoms with van der Waals surface area (Å²) in [7, 11) is -3.46. The van der Waals surface area contributed by atoms with Gasteiger partial charge in [-0.25, -0.2) is 8.42 Å². The fraction of sp³-hybridized carbons (Fsp3) is 0.316. The molecule has 0 bridgehead atoms. The predicted octanol–water partition coefficient (Wildman–Crippen LogP) is 3.04. The third-order valence-electron chi connectivity index (χ3n) is 4.52. The third kappa shape index (κ3) is 5.41. The monoisotopic (exact) mass is 427 g/mol. The molecule has 6 nitrogen and oxygen atoms in total. The molecule has 10 heteroatoms. The number of hydrogen-bond acceptors (Lipinski definition) is 4. The lowest BCUT2D eigenvalue weighted by Gasteiger charge is -2.36. The minimum atomic E-state index is -4.40. The Morgan fingerprint density at radius 1 is 1.00 bits per heavy atom. The van der Waals surface area contributed by atoms with Crippen LogP contribution in [0.15, 0.2) is 48.5 Å². The normalized spacial score (nSPS) is 15.3. The number of nitrogens with one attached hydrogen (secondary N) is 1. The molecule has 29 heavy (non-hydrogen) atoms. The van der Waals surface area contributed by atoms with Crippen LogP contribution in [-0.2, 0) is 16.2 Å². The molecule has 1 amide bonds. The van der Waals surface area contributed by atoms with Crippen molar-refractivity contribution in [2.24, 2.45) is 0 Å². The number of alkyl halides is 3. The lowest BCUT2D eigenvalue weighted by molar-refractivity contribution is -0.137. The summed E-state index contributed by atoms with van der Waals surface area (Å²) in [4.78, 5) is 16.1. The first-order valence-corrected chi connectivity index (χ1v) is 10.7. The molecular weight excluding hydrogens is 407 g/mol. The molecule has 0 atom stereocenters. The summed E-state index contributed by atoms with van der Waals surface area (Å²) in [6.45, 7) is 1.49. The molecule has 0 aliphatic carbocycles. The third-order valence-corrected chi connectivity index (χ3v) is 5.12. The van der Waals surface area contributed by atoms with Crippen molar-refractivity contribution in [3.05, 3.63) is 59.7 Å². The SMILES string of the molecule is CS(=O)(=O)Nc1cccc(C(=O)N2CCN(c3cccc(C(F)(F)F)c3)CC2)c1. The fourth-order valence-electron chi connectivity index (χ4n) is 3.16. The number of sulfonamides is 1. The minimum Gasteiger partial charge on any atom is -0.368 e. The highest BCUT2D eigenvalue weighted by atomic mass is 32.2. The first kappa shape index (κ1) is 21.0. The van der Waals surface area contributed by atoms with E-state index < -0.39 is 21.8 Å². The van der Waals surface area contributed by atoms with Gasteiger partial charge in [0.1, 0.15) is 0 Å². The number of benzene rings is 2. The van der Waals surface area contributed by atoms with Crippen molar-refractivity contribution >= 4 is 27.3 Å². The van der Waals surface area contributed by atoms with Gasteiger partial charge in [0.2, 0.25) is 10.0 Å². The van der Waals surface area contributed by atoms with E-state index in [1.165, 1.54) is 12.1 Å². The van der Waals surface area contributed by atoms with Gasteiger partial charge < -0.3 is 9.80 Å². The lowest BCUT2D eigenvalue weighted by atomic mass is 10.1. The zero-order valence-electron chi connectivity index (χ0n) is 15.6. The summed E-state index contributed by atoms with van der Waals surface area (Å²) >= 11 is 0. The Hall–Kier alpha value is -2.75. The zero-order valence-corrected chi connectivity index (χ0v) is 16.4. The molecule has 1 heterocycles. The van der Waals surface area contributed by atoms with Crippen LogP contribution in [0.5, 0.6) is 0 Å². The highest BCUT2D eigenvalue weighted by Crippen LogP contribution is 2.32. The minimum absolute atomic E-state index is 0.258. The topological polar surface area (TPSA) is 69.7 Å². The van der Waals surface area contributed by atoms with Gasteiger partial charge in [-0.15, -0.1) is 0 Å². The Morgan fingerprint density at radius 2 is 1.66 bits per heavy atom. The standard InChI is InChI=1S/C19H20F3N3O3S/c1-29(27,28)23-16-6-2-4-14(12-16)18(26)25-10-8-24(9-11-25)17-7-3-5-15(13-17)19(20,21)22/h2-7,12-13,23H,8-11H2,1H3. The van der Waals surface area contributed by atoms with Gasteiger partial charge in [-0.3, -0.25) is 9.52 Å². The van der Waals surface area contributed by atoms with Gasteiger partial charge in [0, 0.05) is 43.1 Å². The first-order valence-electron chi connectivity index (χ1n) is 8.82. The Balaban J connectivity index is 1.67. The molecule has 156 valence electrons. The molecule has 0 aromatic heterocycles. The average Bonchev–Trinajstić information content (AvgIpc) is 2.66. The molecular formula is C19H20F3N3O3S. The van der Waals surface area contributed by atoms with E-state index in [0.717, 1.165) is 18.4 Å². The van der Waals surface area contributed by atoms with Crippen LogP contribution in [0.1, 0.15) is 15.9 Å². The summed E-state index contributed by atoms with van der Waals surface area (Å²) in [5.41, 5.74) is 0.391. The van der Waals surface area contributed by atoms with Crippen molar-refractivity contribution in [2.45, 2.75) is 6.18 Å². The number of rotatable bonds is 4. The van der Waals surface area contributed by atoms with Crippen LogP contribution in [0.3, 0.4) is 0 Å². The predicted molar refractivity (Wildman–Crippen MR) is 104 cm³/mol. The summed E-state index contributed by atoms with van der Waals surface area (Å²) in [5, 5.41) is 0. The van der Waals surface area contributed by atoms with Crippen molar-refractivity contribution in [2.75, 3.05) is 42.1 Å². The van der Waals surface area contributed by atoms with Crippen molar-refractivity contribution < 1.29 is 26.4 Å². The molecule has 1 N–H and O–H groups in total. The molecule has 1 saturated heterocycles. The van der Waals surface area contributed by atoms with E-state index in [9.17, 15) is 26.4 Å². The van der Waals surface area contributed by atoms with E-state index in [1.54, 1.807) is 34.1 Å². The van der Waals surface area contributed by atoms with Crippen molar-refractivity contribution in [3.8, 4) is 0 Å². The molecule has 1 aliphatic rings. The fourth-order valence-corrected chi connectivity index (χ4v) is 3.71. The van der Waals surface area contributed by atoms with E-state index >= 15 is 0 Å². The van der Waals surface area contributed by atoms with Crippen LogP contribution in [0.2, 0.25) is 0 Å². The summed E-state index contributed by atoms with van der Waals surface area (Å²) < 4.78 is 63.8. The van der Waals surface area contributed by atoms with Crippen molar-refractivity contribution in [3.63, 3.8) is 0 Å². The number of amides is 1. The Labute approximate surface area is 167 Å². The average molecular weight is 427 g/mol. The van der Waals surface area contributed by atoms with Gasteiger partial charge in [-0.1, -0.05) is 12.1 Å². The van der Waals surface area contributed by atoms with Crippen LogP contribution in [0.25, 0.3) is 0 Å². The smallest absolute Gasteiger partial charge is 0.368 e. The second kappa shape index (κ2) is 7.94. The van der Waals surface area contributed by atoms with Crippen molar-refractivity contribution in [1.29, 1.82) is 0 Å². The van der Waals surface area contributed by atoms with Gasteiger partial charge in [-0.2, -0.15) is 13.2 Å². The van der Waals surface area contributed by atoms with Gasteiger partial charge in [-0.05, 0) is 36.4 Å². The molecule has 1 fully saturated rings. The quantitative estimate of drug-likeness (QED) is 0.815. The van der Waals surface area contributed by atoms with E-state index in [4.69, 9.17) is 0 Å². The largest absolute Gasteiger partial charge is 0.416 e. The number of halogens is 3. The molecule has 0 saturated carbocycles. The van der Waals surface area contributed by atoms with E-state index in [-0.39, 0.29) is 5.91 Å². The van der Waals surface area contributed by atoms with Crippen molar-refractivity contribution in [1.82, 2.24) is 4.90 Å². The molecule has 0 unspecified atom stereocenters. The second-order valence-electron chi connectivity index (χ2n) is 6.78. The number of nitrogens with zero attached hydrogens (tertiary/aromatic N) is 2. The summed E-state index contributed by atoms with van der Waals surface area (Å²) in [6.07, 6.45) is -3.38. The molecule has 0 radical (unpaired) electrons. The molecule has 2 aromatic rings. The van der Waals surface area contributed by atoms with Gasteiger partial charge >= 0.3 is 6.18 Å². The lowest BCUT2D eigenvalue weighted by Crippen LogP contribution is -2.48. The van der Waals surface area contributed by atoms with Crippen LogP contribution in [-0.4, -0.2) is 51.7 Å². The van der Waals surface area contributed by atoms with Crippen LogP contribution in [0.4, 0.5) is 24.5 Å². The van der Waals surface area contributed by atoms with E-state index in [0.29, 0.717) is 43.1 Å². The Kier molecular flexibility index (Phi) is 5.74. The van der Waals surface area contributed by atoms with Crippen LogP contribution >= 0.6 is 0 Å². The maximum Gasteiger partial charge on any atom is 0.416 e. The number of carbonyl (C=O) groups is 1. The van der Waals surface area contributed by atoms with Gasteiger partial charge in [0.05, 0.1) is 11.8 Å². The number of hydrogen-bond donors (Lipinski definition) is 1. The highest BCUT2D eigenvalue weighted by Gasteiger charge is 2.31. The number of anilines is 2. The van der Waals surface area contributed by atoms with E-state index in [2.05, 4.69) is 4.72 Å². The zero-order chi connectivity index (χ0) is 21.2. The molecule has 2 aromatic carbocycles. The number of piperazine rings is 1. The molecule has 1 aliphatic heterocycles. The van der Waals surface area contributed by atoms with Crippen LogP contribution in [0, 0.1) is 0 Å². The van der Waals surface area contributed by atoms with Gasteiger partial charge in [0.15, 0.2) is 0 Å². The maximum atomic E-state index is 12.9. The maximum absolute atomic E-state index is 12.9. The second-order valence-corrected chi connectivity index (χ2v) is 8.53. The van der Waals surface area contributed by atoms with E-state index in [1.807, 2.05) is 0 Å². The molecule has 0 spiro atoms. The molecule has 3 rings (SSSR count).